The summed E-state index contributed by atoms with van der Waals surface area (Å²) in [5.41, 5.74) is 3.86. The number of ether oxygens (including phenoxy) is 2. The molecule has 4 aromatic rings. The summed E-state index contributed by atoms with van der Waals surface area (Å²) < 4.78 is 13.4. The highest BCUT2D eigenvalue weighted by Crippen LogP contribution is 2.30. The molecule has 0 radical (unpaired) electrons. The van der Waals surface area contributed by atoms with E-state index in [1.165, 1.54) is 0 Å². The molecule has 1 aliphatic heterocycles. The molecule has 9 nitrogen and oxygen atoms in total. The Balaban J connectivity index is 1.50. The van der Waals surface area contributed by atoms with E-state index in [0.717, 1.165) is 22.5 Å². The normalized spacial score (nSPS) is 14.7. The van der Waals surface area contributed by atoms with Crippen molar-refractivity contribution >= 4 is 17.4 Å². The third-order valence-corrected chi connectivity index (χ3v) is 5.50. The van der Waals surface area contributed by atoms with Crippen LogP contribution in [0.2, 0.25) is 0 Å². The highest BCUT2D eigenvalue weighted by Gasteiger charge is 2.19. The largest absolute Gasteiger partial charge is 0.490 e. The van der Waals surface area contributed by atoms with Gasteiger partial charge in [0.2, 0.25) is 0 Å². The molecule has 9 heteroatoms. The number of anilines is 1. The van der Waals surface area contributed by atoms with Crippen molar-refractivity contribution in [3.8, 4) is 16.9 Å². The Kier molecular flexibility index (Phi) is 5.86. The van der Waals surface area contributed by atoms with E-state index in [-0.39, 0.29) is 11.9 Å². The number of aromatic nitrogens is 4. The molecular formula is C24H24N6O3. The molecule has 1 aromatic carbocycles. The monoisotopic (exact) mass is 444 g/mol. The molecule has 4 heterocycles. The average molecular weight is 444 g/mol. The zero-order chi connectivity index (χ0) is 22.6. The summed E-state index contributed by atoms with van der Waals surface area (Å²) in [5, 5.41) is 10.7. The van der Waals surface area contributed by atoms with Crippen molar-refractivity contribution < 1.29 is 14.3 Å². The molecule has 33 heavy (non-hydrogen) atoms. The van der Waals surface area contributed by atoms with Crippen molar-refractivity contribution in [3.63, 3.8) is 0 Å². The minimum Gasteiger partial charge on any atom is -0.490 e. The van der Waals surface area contributed by atoms with Gasteiger partial charge in [-0.3, -0.25) is 9.78 Å². The predicted molar refractivity (Wildman–Crippen MR) is 123 cm³/mol. The quantitative estimate of drug-likeness (QED) is 0.501. The standard InChI is InChI=1S/C24H24N6O3/c1-16(17-4-7-25-8-5-17)28-24(31)19-3-2-18-14-21(19)33-13-12-32-11-9-26-22-6-10-30-23(29-22)20(18)15-27-30/h2-8,10,14-16H,9,11-13H2,1H3,(H,26,29)(H,28,31)/t16-/m1/s1. The molecule has 0 saturated heterocycles. The fourth-order valence-electron chi connectivity index (χ4n) is 3.74. The maximum absolute atomic E-state index is 13.1. The Hall–Kier alpha value is -3.98. The van der Waals surface area contributed by atoms with Crippen molar-refractivity contribution in [3.05, 3.63) is 72.3 Å². The van der Waals surface area contributed by atoms with Crippen LogP contribution in [0.3, 0.4) is 0 Å². The first-order valence-corrected chi connectivity index (χ1v) is 10.8. The zero-order valence-corrected chi connectivity index (χ0v) is 18.2. The van der Waals surface area contributed by atoms with Gasteiger partial charge in [-0.1, -0.05) is 6.07 Å². The number of benzene rings is 1. The zero-order valence-electron chi connectivity index (χ0n) is 18.2. The number of amides is 1. The van der Waals surface area contributed by atoms with Gasteiger partial charge in [0.05, 0.1) is 31.0 Å². The number of fused-ring (bicyclic) bond motifs is 4. The minimum atomic E-state index is -0.215. The van der Waals surface area contributed by atoms with Gasteiger partial charge < -0.3 is 20.1 Å². The van der Waals surface area contributed by atoms with Crippen molar-refractivity contribution in [2.45, 2.75) is 13.0 Å². The molecule has 1 atom stereocenters. The Bertz CT molecular complexity index is 1270. The molecule has 3 aromatic heterocycles. The lowest BCUT2D eigenvalue weighted by Crippen LogP contribution is -2.27. The van der Waals surface area contributed by atoms with Crippen LogP contribution in [0.5, 0.6) is 5.75 Å². The third kappa shape index (κ3) is 4.49. The second-order valence-corrected chi connectivity index (χ2v) is 7.71. The molecule has 0 fully saturated rings. The SMILES string of the molecule is C[C@@H](NC(=O)c1ccc2cc1OCCOCCNc1ccn3ncc-2c3n1)c1ccncc1. The summed E-state index contributed by atoms with van der Waals surface area (Å²) in [6, 6.07) is 11.0. The van der Waals surface area contributed by atoms with Gasteiger partial charge in [-0.25, -0.2) is 9.50 Å². The van der Waals surface area contributed by atoms with E-state index in [1.54, 1.807) is 29.2 Å². The first-order chi connectivity index (χ1) is 16.2. The maximum atomic E-state index is 13.1. The van der Waals surface area contributed by atoms with Crippen LogP contribution in [-0.2, 0) is 4.74 Å². The van der Waals surface area contributed by atoms with Gasteiger partial charge in [-0.05, 0) is 48.4 Å². The lowest BCUT2D eigenvalue weighted by molar-refractivity contribution is 0.0922. The number of carbonyl (C=O) groups is 1. The van der Waals surface area contributed by atoms with Crippen LogP contribution < -0.4 is 15.4 Å². The smallest absolute Gasteiger partial charge is 0.255 e. The van der Waals surface area contributed by atoms with Gasteiger partial charge in [-0.15, -0.1) is 0 Å². The second kappa shape index (κ2) is 9.25. The number of hydrogen-bond acceptors (Lipinski definition) is 7. The number of hydrogen-bond donors (Lipinski definition) is 2. The molecular weight excluding hydrogens is 420 g/mol. The molecule has 0 spiro atoms. The summed E-state index contributed by atoms with van der Waals surface area (Å²) in [7, 11) is 0. The lowest BCUT2D eigenvalue weighted by atomic mass is 10.0. The number of rotatable bonds is 3. The molecule has 0 saturated carbocycles. The van der Waals surface area contributed by atoms with Crippen LogP contribution in [-0.4, -0.2) is 51.9 Å². The second-order valence-electron chi connectivity index (χ2n) is 7.71. The van der Waals surface area contributed by atoms with Crippen LogP contribution >= 0.6 is 0 Å². The van der Waals surface area contributed by atoms with Gasteiger partial charge in [0.15, 0.2) is 5.65 Å². The van der Waals surface area contributed by atoms with Gasteiger partial charge in [-0.2, -0.15) is 5.10 Å². The molecule has 0 unspecified atom stereocenters. The number of nitrogens with zero attached hydrogens (tertiary/aromatic N) is 4. The number of carbonyl (C=O) groups excluding carboxylic acids is 1. The van der Waals surface area contributed by atoms with Crippen molar-refractivity contribution in [2.24, 2.45) is 0 Å². The highest BCUT2D eigenvalue weighted by molar-refractivity contribution is 5.98. The van der Waals surface area contributed by atoms with Gasteiger partial charge in [0.25, 0.3) is 5.91 Å². The van der Waals surface area contributed by atoms with Crippen LogP contribution in [0.1, 0.15) is 28.9 Å². The van der Waals surface area contributed by atoms with Gasteiger partial charge >= 0.3 is 0 Å². The average Bonchev–Trinajstić information content (AvgIpc) is 3.26. The number of nitrogens with one attached hydrogen (secondary N) is 2. The maximum Gasteiger partial charge on any atom is 0.255 e. The van der Waals surface area contributed by atoms with E-state index in [9.17, 15) is 4.79 Å². The molecule has 0 aliphatic carbocycles. The van der Waals surface area contributed by atoms with Crippen molar-refractivity contribution in [1.29, 1.82) is 0 Å². The topological polar surface area (TPSA) is 103 Å². The third-order valence-electron chi connectivity index (χ3n) is 5.50. The highest BCUT2D eigenvalue weighted by atomic mass is 16.5. The minimum absolute atomic E-state index is 0.177. The van der Waals surface area contributed by atoms with Crippen LogP contribution in [0.25, 0.3) is 16.8 Å². The fraction of sp³-hybridized carbons (Fsp3) is 0.250. The molecule has 1 amide bonds. The fourth-order valence-corrected chi connectivity index (χ4v) is 3.74. The lowest BCUT2D eigenvalue weighted by Gasteiger charge is -2.17. The molecule has 2 N–H and O–H groups in total. The van der Waals surface area contributed by atoms with E-state index >= 15 is 0 Å². The van der Waals surface area contributed by atoms with E-state index in [2.05, 4.69) is 20.7 Å². The van der Waals surface area contributed by atoms with Crippen LogP contribution in [0, 0.1) is 0 Å². The molecule has 4 bridgehead atoms. The summed E-state index contributed by atoms with van der Waals surface area (Å²) in [6.45, 7) is 3.81. The van der Waals surface area contributed by atoms with E-state index < -0.39 is 0 Å². The van der Waals surface area contributed by atoms with Crippen molar-refractivity contribution in [2.75, 3.05) is 31.7 Å². The molecule has 5 rings (SSSR count). The predicted octanol–water partition coefficient (Wildman–Crippen LogP) is 3.10. The first-order valence-electron chi connectivity index (χ1n) is 10.8. The van der Waals surface area contributed by atoms with Crippen molar-refractivity contribution in [1.82, 2.24) is 24.9 Å². The van der Waals surface area contributed by atoms with Crippen LogP contribution in [0.4, 0.5) is 5.82 Å². The van der Waals surface area contributed by atoms with E-state index in [4.69, 9.17) is 14.5 Å². The van der Waals surface area contributed by atoms with Gasteiger partial charge in [0.1, 0.15) is 18.2 Å². The Morgan fingerprint density at radius 1 is 1.15 bits per heavy atom. The van der Waals surface area contributed by atoms with Crippen LogP contribution in [0.15, 0.2) is 61.2 Å². The Labute approximate surface area is 190 Å². The summed E-state index contributed by atoms with van der Waals surface area (Å²) in [4.78, 5) is 21.9. The Morgan fingerprint density at radius 2 is 2.03 bits per heavy atom. The van der Waals surface area contributed by atoms with Gasteiger partial charge in [0, 0.05) is 30.7 Å². The first kappa shape index (κ1) is 20.9. The summed E-state index contributed by atoms with van der Waals surface area (Å²) in [6.07, 6.45) is 7.05. The van der Waals surface area contributed by atoms with E-state index in [0.29, 0.717) is 43.3 Å². The molecule has 168 valence electrons. The Morgan fingerprint density at radius 3 is 2.91 bits per heavy atom. The number of pyridine rings is 1. The summed E-state index contributed by atoms with van der Waals surface area (Å²) in [5.74, 6) is 1.02. The molecule has 1 aliphatic rings. The van der Waals surface area contributed by atoms with E-state index in [1.807, 2.05) is 43.5 Å². The summed E-state index contributed by atoms with van der Waals surface area (Å²) >= 11 is 0.